The van der Waals surface area contributed by atoms with Crippen molar-refractivity contribution < 1.29 is 58.6 Å². The van der Waals surface area contributed by atoms with Crippen molar-refractivity contribution in [1.29, 1.82) is 0 Å². The second kappa shape index (κ2) is 7.12. The van der Waals surface area contributed by atoms with Crippen molar-refractivity contribution in [2.75, 3.05) is 0 Å². The van der Waals surface area contributed by atoms with Gasteiger partial charge in [-0.2, -0.15) is 0 Å². The Hall–Kier alpha value is -4.22. The zero-order chi connectivity index (χ0) is 19.4. The molecule has 0 saturated heterocycles. The highest BCUT2D eigenvalue weighted by Crippen LogP contribution is 2.39. The van der Waals surface area contributed by atoms with Crippen molar-refractivity contribution in [3.8, 4) is 23.0 Å². The van der Waals surface area contributed by atoms with E-state index in [0.29, 0.717) is 0 Å². The van der Waals surface area contributed by atoms with Crippen LogP contribution in [0.5, 0.6) is 23.0 Å². The molecule has 12 nitrogen and oxygen atoms in total. The van der Waals surface area contributed by atoms with Gasteiger partial charge >= 0.3 is 24.6 Å². The maximum Gasteiger partial charge on any atom is 0.511 e. The average molecular weight is 368 g/mol. The molecule has 0 aromatic heterocycles. The topological polar surface area (TPSA) is 186 Å². The highest BCUT2D eigenvalue weighted by Gasteiger charge is 2.19. The van der Waals surface area contributed by atoms with Crippen LogP contribution in [0.3, 0.4) is 0 Å². The molecular formula is C14H8O12. The van der Waals surface area contributed by atoms with Crippen LogP contribution in [-0.2, 0) is 0 Å². The van der Waals surface area contributed by atoms with E-state index in [1.165, 1.54) is 0 Å². The fraction of sp³-hybridized carbons (Fsp3) is 0. The zero-order valence-electron chi connectivity index (χ0n) is 12.4. The summed E-state index contributed by atoms with van der Waals surface area (Å²) in [5.41, 5.74) is 0. The predicted molar refractivity (Wildman–Crippen MR) is 78.6 cm³/mol. The third-order valence-electron chi connectivity index (χ3n) is 2.75. The molecule has 0 atom stereocenters. The molecule has 0 unspecified atom stereocenters. The number of hydrogen-bond donors (Lipinski definition) is 4. The van der Waals surface area contributed by atoms with Crippen LogP contribution in [0, 0.1) is 0 Å². The van der Waals surface area contributed by atoms with Crippen LogP contribution in [0.1, 0.15) is 0 Å². The molecule has 2 aromatic rings. The minimum Gasteiger partial charge on any atom is -0.449 e. The van der Waals surface area contributed by atoms with Gasteiger partial charge in [-0.1, -0.05) is 0 Å². The Labute approximate surface area is 142 Å². The number of benzene rings is 2. The van der Waals surface area contributed by atoms with E-state index in [-0.39, 0.29) is 10.8 Å². The maximum atomic E-state index is 10.7. The zero-order valence-corrected chi connectivity index (χ0v) is 12.4. The lowest BCUT2D eigenvalue weighted by Gasteiger charge is -2.12. The first-order chi connectivity index (χ1) is 12.2. The van der Waals surface area contributed by atoms with Gasteiger partial charge in [0.05, 0.1) is 0 Å². The minimum absolute atomic E-state index is 0.118. The van der Waals surface area contributed by atoms with Gasteiger partial charge in [-0.15, -0.1) is 0 Å². The van der Waals surface area contributed by atoms with E-state index in [4.69, 9.17) is 20.4 Å². The summed E-state index contributed by atoms with van der Waals surface area (Å²) >= 11 is 0. The summed E-state index contributed by atoms with van der Waals surface area (Å²) < 4.78 is 17.7. The smallest absolute Gasteiger partial charge is 0.449 e. The SMILES string of the molecule is O=C(O)Oc1cc2cc(OC(=O)O)c(OC(=O)O)cc2cc1OC(=O)O. The summed E-state index contributed by atoms with van der Waals surface area (Å²) in [6, 6.07) is 4.12. The summed E-state index contributed by atoms with van der Waals surface area (Å²) in [4.78, 5) is 42.9. The van der Waals surface area contributed by atoms with E-state index >= 15 is 0 Å². The van der Waals surface area contributed by atoms with Crippen LogP contribution in [0.2, 0.25) is 0 Å². The van der Waals surface area contributed by atoms with Gasteiger partial charge in [-0.3, -0.25) is 0 Å². The van der Waals surface area contributed by atoms with Crippen molar-refractivity contribution in [1.82, 2.24) is 0 Å². The fourth-order valence-electron chi connectivity index (χ4n) is 1.96. The van der Waals surface area contributed by atoms with Crippen LogP contribution in [0.25, 0.3) is 10.8 Å². The molecule has 12 heteroatoms. The normalized spacial score (nSPS) is 10.0. The molecule has 0 bridgehead atoms. The van der Waals surface area contributed by atoms with Crippen LogP contribution in [0.15, 0.2) is 24.3 Å². The van der Waals surface area contributed by atoms with Crippen molar-refractivity contribution in [2.45, 2.75) is 0 Å². The van der Waals surface area contributed by atoms with Crippen LogP contribution < -0.4 is 18.9 Å². The Morgan fingerprint density at radius 3 is 0.846 bits per heavy atom. The van der Waals surface area contributed by atoms with Gasteiger partial charge in [0.25, 0.3) is 0 Å². The number of carboxylic acid groups (broad SMARTS) is 4. The Morgan fingerprint density at radius 1 is 0.500 bits per heavy atom. The molecule has 0 fully saturated rings. The summed E-state index contributed by atoms with van der Waals surface area (Å²) in [5, 5.41) is 35.0. The molecule has 0 heterocycles. The molecule has 136 valence electrons. The molecular weight excluding hydrogens is 360 g/mol. The molecule has 0 radical (unpaired) electrons. The molecule has 0 spiro atoms. The first-order valence-corrected chi connectivity index (χ1v) is 6.40. The molecule has 0 amide bonds. The lowest BCUT2D eigenvalue weighted by molar-refractivity contribution is 0.132. The quantitative estimate of drug-likeness (QED) is 0.457. The lowest BCUT2D eigenvalue weighted by Crippen LogP contribution is -2.09. The third-order valence-corrected chi connectivity index (χ3v) is 2.75. The van der Waals surface area contributed by atoms with Crippen molar-refractivity contribution in [3.05, 3.63) is 24.3 Å². The Balaban J connectivity index is 2.67. The van der Waals surface area contributed by atoms with Crippen molar-refractivity contribution in [2.24, 2.45) is 0 Å². The molecule has 2 rings (SSSR count). The Morgan fingerprint density at radius 2 is 0.692 bits per heavy atom. The van der Waals surface area contributed by atoms with E-state index in [9.17, 15) is 19.2 Å². The number of ether oxygens (including phenoxy) is 4. The largest absolute Gasteiger partial charge is 0.511 e. The second-order valence-corrected chi connectivity index (χ2v) is 4.42. The standard InChI is InChI=1S/C14H8O12/c15-11(16)23-7-1-5-2-9(25-13(19)20)10(26-14(21)22)4-6(5)3-8(7)24-12(17)18/h1-4H,(H,15,16)(H,17,18)(H,19,20)(H,21,22). The molecule has 0 aliphatic rings. The van der Waals surface area contributed by atoms with Gasteiger partial charge in [0.1, 0.15) is 0 Å². The summed E-state index contributed by atoms with van der Waals surface area (Å²) in [5.74, 6) is -2.00. The summed E-state index contributed by atoms with van der Waals surface area (Å²) in [7, 11) is 0. The van der Waals surface area contributed by atoms with Gasteiger partial charge in [0, 0.05) is 0 Å². The summed E-state index contributed by atoms with van der Waals surface area (Å²) in [6.45, 7) is 0. The molecule has 4 N–H and O–H groups in total. The van der Waals surface area contributed by atoms with E-state index < -0.39 is 47.6 Å². The molecule has 2 aromatic carbocycles. The fourth-order valence-corrected chi connectivity index (χ4v) is 1.96. The molecule has 0 saturated carbocycles. The highest BCUT2D eigenvalue weighted by atomic mass is 16.7. The van der Waals surface area contributed by atoms with E-state index in [0.717, 1.165) is 24.3 Å². The predicted octanol–water partition coefficient (Wildman–Crippen LogP) is 3.07. The van der Waals surface area contributed by atoms with Gasteiger partial charge in [-0.05, 0) is 35.0 Å². The van der Waals surface area contributed by atoms with Crippen LogP contribution >= 0.6 is 0 Å². The average Bonchev–Trinajstić information content (AvgIpc) is 2.47. The second-order valence-electron chi connectivity index (χ2n) is 4.42. The van der Waals surface area contributed by atoms with E-state index in [2.05, 4.69) is 18.9 Å². The number of hydrogen-bond acceptors (Lipinski definition) is 8. The highest BCUT2D eigenvalue weighted by molar-refractivity contribution is 5.91. The summed E-state index contributed by atoms with van der Waals surface area (Å²) in [6.07, 6.45) is -7.03. The monoisotopic (exact) mass is 368 g/mol. The number of fused-ring (bicyclic) bond motifs is 1. The third kappa shape index (κ3) is 4.41. The first-order valence-electron chi connectivity index (χ1n) is 6.40. The van der Waals surface area contributed by atoms with Gasteiger partial charge in [0.2, 0.25) is 0 Å². The molecule has 26 heavy (non-hydrogen) atoms. The molecule has 0 aliphatic heterocycles. The van der Waals surface area contributed by atoms with E-state index in [1.807, 2.05) is 0 Å². The lowest BCUT2D eigenvalue weighted by atomic mass is 10.1. The maximum absolute atomic E-state index is 10.7. The van der Waals surface area contributed by atoms with Crippen LogP contribution in [-0.4, -0.2) is 45.0 Å². The Kier molecular flexibility index (Phi) is 4.97. The molecule has 0 aliphatic carbocycles. The van der Waals surface area contributed by atoms with Crippen molar-refractivity contribution in [3.63, 3.8) is 0 Å². The van der Waals surface area contributed by atoms with Crippen LogP contribution in [0.4, 0.5) is 19.2 Å². The van der Waals surface area contributed by atoms with E-state index in [1.54, 1.807) is 0 Å². The number of rotatable bonds is 4. The minimum atomic E-state index is -1.76. The van der Waals surface area contributed by atoms with Gasteiger partial charge < -0.3 is 39.4 Å². The number of carbonyl (C=O) groups is 4. The first kappa shape index (κ1) is 18.1. The van der Waals surface area contributed by atoms with Gasteiger partial charge in [0.15, 0.2) is 23.0 Å². The Bertz CT molecular complexity index is 771. The van der Waals surface area contributed by atoms with Crippen molar-refractivity contribution >= 4 is 35.4 Å². The van der Waals surface area contributed by atoms with Gasteiger partial charge in [-0.25, -0.2) is 19.2 Å².